The Morgan fingerprint density at radius 2 is 2.33 bits per heavy atom. The molecule has 0 radical (unpaired) electrons. The first kappa shape index (κ1) is 12.9. The molecule has 1 N–H and O–H groups in total. The first-order chi connectivity index (χ1) is 8.58. The van der Waals surface area contributed by atoms with Crippen LogP contribution in [0.25, 0.3) is 0 Å². The highest BCUT2D eigenvalue weighted by Crippen LogP contribution is 2.23. The average Bonchev–Trinajstić information content (AvgIpc) is 2.91. The molecule has 18 heavy (non-hydrogen) atoms. The minimum absolute atomic E-state index is 0.0273. The van der Waals surface area contributed by atoms with Crippen LogP contribution < -0.4 is 5.32 Å². The second-order valence-corrected chi connectivity index (χ2v) is 5.17. The molecule has 6 heteroatoms. The molecule has 0 saturated carbocycles. The average molecular weight is 251 g/mol. The minimum Gasteiger partial charge on any atom is -0.334 e. The van der Waals surface area contributed by atoms with E-state index in [4.69, 9.17) is 0 Å². The molecule has 2 rings (SSSR count). The van der Waals surface area contributed by atoms with E-state index in [1.807, 2.05) is 11.8 Å². The fourth-order valence-electron chi connectivity index (χ4n) is 2.33. The van der Waals surface area contributed by atoms with Crippen molar-refractivity contribution in [2.24, 2.45) is 5.92 Å². The van der Waals surface area contributed by atoms with Gasteiger partial charge in [0, 0.05) is 18.6 Å². The maximum Gasteiger partial charge on any atom is 0.317 e. The topological polar surface area (TPSA) is 63.1 Å². The summed E-state index contributed by atoms with van der Waals surface area (Å²) in [5.41, 5.74) is 0. The SMILES string of the molecule is CC(Cn1cncn1)NC(=O)N1CCC(C)C1C. The van der Waals surface area contributed by atoms with Crippen LogP contribution in [0.1, 0.15) is 27.2 Å². The maximum absolute atomic E-state index is 12.1. The van der Waals surface area contributed by atoms with Gasteiger partial charge in [-0.2, -0.15) is 5.10 Å². The van der Waals surface area contributed by atoms with Gasteiger partial charge in [0.25, 0.3) is 0 Å². The molecule has 6 nitrogen and oxygen atoms in total. The third kappa shape index (κ3) is 2.80. The predicted octanol–water partition coefficient (Wildman–Crippen LogP) is 1.11. The molecular formula is C12H21N5O. The summed E-state index contributed by atoms with van der Waals surface area (Å²) in [5.74, 6) is 0.585. The van der Waals surface area contributed by atoms with Crippen molar-refractivity contribution in [2.75, 3.05) is 6.54 Å². The number of carbonyl (C=O) groups excluding carboxylic acids is 1. The largest absolute Gasteiger partial charge is 0.334 e. The molecule has 0 bridgehead atoms. The van der Waals surface area contributed by atoms with Crippen molar-refractivity contribution in [3.05, 3.63) is 12.7 Å². The van der Waals surface area contributed by atoms with Gasteiger partial charge in [0.1, 0.15) is 12.7 Å². The molecule has 2 heterocycles. The third-order valence-electron chi connectivity index (χ3n) is 3.70. The van der Waals surface area contributed by atoms with Crippen LogP contribution in [0.4, 0.5) is 4.79 Å². The summed E-state index contributed by atoms with van der Waals surface area (Å²) >= 11 is 0. The van der Waals surface area contributed by atoms with Crippen molar-refractivity contribution in [2.45, 2.75) is 45.8 Å². The van der Waals surface area contributed by atoms with Gasteiger partial charge < -0.3 is 10.2 Å². The fourth-order valence-corrected chi connectivity index (χ4v) is 2.33. The van der Waals surface area contributed by atoms with E-state index < -0.39 is 0 Å². The summed E-state index contributed by atoms with van der Waals surface area (Å²) in [4.78, 5) is 17.9. The summed E-state index contributed by atoms with van der Waals surface area (Å²) in [5, 5.41) is 7.04. The van der Waals surface area contributed by atoms with Gasteiger partial charge in [0.2, 0.25) is 0 Å². The Bertz CT molecular complexity index is 391. The lowest BCUT2D eigenvalue weighted by Crippen LogP contribution is -2.47. The molecular weight excluding hydrogens is 230 g/mol. The van der Waals surface area contributed by atoms with E-state index in [1.54, 1.807) is 11.0 Å². The number of carbonyl (C=O) groups is 1. The monoisotopic (exact) mass is 251 g/mol. The van der Waals surface area contributed by atoms with Gasteiger partial charge in [-0.3, -0.25) is 4.68 Å². The van der Waals surface area contributed by atoms with E-state index in [9.17, 15) is 4.79 Å². The van der Waals surface area contributed by atoms with Crippen molar-refractivity contribution in [1.82, 2.24) is 25.0 Å². The maximum atomic E-state index is 12.1. The minimum atomic E-state index is 0.0273. The number of rotatable bonds is 3. The van der Waals surface area contributed by atoms with Crippen molar-refractivity contribution in [3.8, 4) is 0 Å². The van der Waals surface area contributed by atoms with Gasteiger partial charge >= 0.3 is 6.03 Å². The van der Waals surface area contributed by atoms with Crippen LogP contribution in [0.3, 0.4) is 0 Å². The van der Waals surface area contributed by atoms with Crippen LogP contribution in [0.5, 0.6) is 0 Å². The lowest BCUT2D eigenvalue weighted by Gasteiger charge is -2.25. The highest BCUT2D eigenvalue weighted by atomic mass is 16.2. The van der Waals surface area contributed by atoms with Crippen LogP contribution >= 0.6 is 0 Å². The van der Waals surface area contributed by atoms with E-state index in [2.05, 4.69) is 29.2 Å². The van der Waals surface area contributed by atoms with Crippen LogP contribution in [-0.2, 0) is 6.54 Å². The second kappa shape index (κ2) is 5.37. The number of aromatic nitrogens is 3. The van der Waals surface area contributed by atoms with E-state index in [1.165, 1.54) is 6.33 Å². The number of likely N-dealkylation sites (tertiary alicyclic amines) is 1. The smallest absolute Gasteiger partial charge is 0.317 e. The molecule has 1 aliphatic rings. The van der Waals surface area contributed by atoms with E-state index >= 15 is 0 Å². The van der Waals surface area contributed by atoms with Crippen LogP contribution in [0, 0.1) is 5.92 Å². The third-order valence-corrected chi connectivity index (χ3v) is 3.70. The number of hydrogen-bond acceptors (Lipinski definition) is 3. The summed E-state index contributed by atoms with van der Waals surface area (Å²) in [6.45, 7) is 7.77. The van der Waals surface area contributed by atoms with Crippen molar-refractivity contribution in [1.29, 1.82) is 0 Å². The lowest BCUT2D eigenvalue weighted by atomic mass is 10.1. The second-order valence-electron chi connectivity index (χ2n) is 5.17. The number of amides is 2. The highest BCUT2D eigenvalue weighted by Gasteiger charge is 2.31. The highest BCUT2D eigenvalue weighted by molar-refractivity contribution is 5.75. The normalized spacial score (nSPS) is 25.2. The number of nitrogens with one attached hydrogen (secondary N) is 1. The van der Waals surface area contributed by atoms with Gasteiger partial charge in [-0.05, 0) is 26.2 Å². The van der Waals surface area contributed by atoms with Crippen LogP contribution in [0.15, 0.2) is 12.7 Å². The number of hydrogen-bond donors (Lipinski definition) is 1. The molecule has 0 aliphatic carbocycles. The molecule has 1 saturated heterocycles. The molecule has 0 aromatic carbocycles. The summed E-state index contributed by atoms with van der Waals surface area (Å²) in [6.07, 6.45) is 4.24. The Morgan fingerprint density at radius 3 is 2.89 bits per heavy atom. The standard InChI is InChI=1S/C12H21N5O/c1-9-4-5-17(11(9)3)12(18)15-10(2)6-16-8-13-7-14-16/h7-11H,4-6H2,1-3H3,(H,15,18). The summed E-state index contributed by atoms with van der Waals surface area (Å²) < 4.78 is 1.72. The zero-order valence-electron chi connectivity index (χ0n) is 11.2. The van der Waals surface area contributed by atoms with Crippen molar-refractivity contribution >= 4 is 6.03 Å². The van der Waals surface area contributed by atoms with Gasteiger partial charge in [-0.25, -0.2) is 9.78 Å². The Balaban J connectivity index is 1.84. The Labute approximate surface area is 107 Å². The first-order valence-electron chi connectivity index (χ1n) is 6.47. The summed E-state index contributed by atoms with van der Waals surface area (Å²) in [6, 6.07) is 0.394. The molecule has 100 valence electrons. The zero-order valence-corrected chi connectivity index (χ0v) is 11.2. The van der Waals surface area contributed by atoms with Gasteiger partial charge in [-0.15, -0.1) is 0 Å². The quantitative estimate of drug-likeness (QED) is 0.875. The number of urea groups is 1. The van der Waals surface area contributed by atoms with Crippen LogP contribution in [0.2, 0.25) is 0 Å². The zero-order chi connectivity index (χ0) is 13.1. The molecule has 3 unspecified atom stereocenters. The van der Waals surface area contributed by atoms with Gasteiger partial charge in [0.05, 0.1) is 6.54 Å². The molecule has 1 aromatic heterocycles. The first-order valence-corrected chi connectivity index (χ1v) is 6.47. The van der Waals surface area contributed by atoms with Gasteiger partial charge in [-0.1, -0.05) is 6.92 Å². The van der Waals surface area contributed by atoms with E-state index in [-0.39, 0.29) is 12.1 Å². The molecule has 3 atom stereocenters. The Hall–Kier alpha value is -1.59. The van der Waals surface area contributed by atoms with Gasteiger partial charge in [0.15, 0.2) is 0 Å². The van der Waals surface area contributed by atoms with Crippen molar-refractivity contribution in [3.63, 3.8) is 0 Å². The predicted molar refractivity (Wildman–Crippen MR) is 68.0 cm³/mol. The van der Waals surface area contributed by atoms with Crippen LogP contribution in [-0.4, -0.2) is 44.3 Å². The molecule has 1 fully saturated rings. The molecule has 0 spiro atoms. The molecule has 2 amide bonds. The van der Waals surface area contributed by atoms with E-state index in [0.29, 0.717) is 18.5 Å². The Morgan fingerprint density at radius 1 is 1.56 bits per heavy atom. The molecule has 1 aliphatic heterocycles. The number of nitrogens with zero attached hydrogens (tertiary/aromatic N) is 4. The van der Waals surface area contributed by atoms with E-state index in [0.717, 1.165) is 13.0 Å². The fraction of sp³-hybridized carbons (Fsp3) is 0.750. The molecule has 1 aromatic rings. The Kier molecular flexibility index (Phi) is 3.84. The lowest BCUT2D eigenvalue weighted by molar-refractivity contribution is 0.186. The van der Waals surface area contributed by atoms with Crippen molar-refractivity contribution < 1.29 is 4.79 Å². The summed E-state index contributed by atoms with van der Waals surface area (Å²) in [7, 11) is 0.